The Labute approximate surface area is 209 Å². The molecule has 2 aromatic carbocycles. The van der Waals surface area contributed by atoms with E-state index in [2.05, 4.69) is 25.4 Å². The minimum Gasteiger partial charge on any atom is -0.497 e. The highest BCUT2D eigenvalue weighted by Gasteiger charge is 2.23. The van der Waals surface area contributed by atoms with E-state index in [4.69, 9.17) is 4.74 Å². The third kappa shape index (κ3) is 6.75. The summed E-state index contributed by atoms with van der Waals surface area (Å²) in [5.41, 5.74) is 2.28. The van der Waals surface area contributed by atoms with Crippen molar-refractivity contribution in [1.82, 2.24) is 20.1 Å². The number of amides is 1. The molecule has 0 bridgehead atoms. The standard InChI is InChI=1S/C26H32FN5O2S/c1-18-11-12-19(13-23(18)27)15-29-25(33)17-35-26-31-30-24(32(26)21-8-4-3-5-9-21)16-28-20-7-6-10-22(14-20)34-2/h6-7,10-14,21,28H,3-5,8-9,15-17H2,1-2H3,(H,29,33). The van der Waals surface area contributed by atoms with E-state index in [9.17, 15) is 9.18 Å². The summed E-state index contributed by atoms with van der Waals surface area (Å²) in [6.07, 6.45) is 5.79. The van der Waals surface area contributed by atoms with Crippen LogP contribution in [0.2, 0.25) is 0 Å². The molecule has 9 heteroatoms. The lowest BCUT2D eigenvalue weighted by Crippen LogP contribution is -2.25. The third-order valence-electron chi connectivity index (χ3n) is 6.25. The molecule has 0 aliphatic heterocycles. The normalized spacial score (nSPS) is 14.0. The largest absolute Gasteiger partial charge is 0.497 e. The summed E-state index contributed by atoms with van der Waals surface area (Å²) in [4.78, 5) is 12.5. The van der Waals surface area contributed by atoms with Crippen molar-refractivity contribution in [3.05, 3.63) is 65.2 Å². The predicted molar refractivity (Wildman–Crippen MR) is 136 cm³/mol. The second kappa shape index (κ2) is 12.1. The number of thioether (sulfide) groups is 1. The molecule has 7 nitrogen and oxygen atoms in total. The van der Waals surface area contributed by atoms with E-state index >= 15 is 0 Å². The molecule has 186 valence electrons. The molecule has 1 heterocycles. The lowest BCUT2D eigenvalue weighted by molar-refractivity contribution is -0.118. The number of methoxy groups -OCH3 is 1. The first-order valence-electron chi connectivity index (χ1n) is 12.0. The molecule has 3 aromatic rings. The van der Waals surface area contributed by atoms with Crippen LogP contribution in [-0.4, -0.2) is 33.5 Å². The third-order valence-corrected chi connectivity index (χ3v) is 7.20. The van der Waals surface area contributed by atoms with E-state index in [1.54, 1.807) is 20.1 Å². The molecule has 1 fully saturated rings. The van der Waals surface area contributed by atoms with Gasteiger partial charge in [-0.1, -0.05) is 49.2 Å². The van der Waals surface area contributed by atoms with Gasteiger partial charge in [-0.15, -0.1) is 10.2 Å². The molecule has 4 rings (SSSR count). The Morgan fingerprint density at radius 2 is 1.97 bits per heavy atom. The second-order valence-electron chi connectivity index (χ2n) is 8.80. The lowest BCUT2D eigenvalue weighted by Gasteiger charge is -2.25. The van der Waals surface area contributed by atoms with Crippen LogP contribution >= 0.6 is 11.8 Å². The first-order valence-corrected chi connectivity index (χ1v) is 13.0. The van der Waals surface area contributed by atoms with Gasteiger partial charge in [0.05, 0.1) is 19.4 Å². The maximum Gasteiger partial charge on any atom is 0.230 e. The average Bonchev–Trinajstić information content (AvgIpc) is 3.30. The topological polar surface area (TPSA) is 81.1 Å². The molecule has 1 aliphatic rings. The number of hydrogen-bond acceptors (Lipinski definition) is 6. The zero-order valence-corrected chi connectivity index (χ0v) is 21.0. The van der Waals surface area contributed by atoms with E-state index in [0.29, 0.717) is 24.7 Å². The van der Waals surface area contributed by atoms with Gasteiger partial charge >= 0.3 is 0 Å². The Morgan fingerprint density at radius 1 is 1.14 bits per heavy atom. The van der Waals surface area contributed by atoms with E-state index in [-0.39, 0.29) is 17.5 Å². The van der Waals surface area contributed by atoms with Crippen LogP contribution in [0, 0.1) is 12.7 Å². The number of anilines is 1. The summed E-state index contributed by atoms with van der Waals surface area (Å²) in [5, 5.41) is 15.9. The van der Waals surface area contributed by atoms with Crippen LogP contribution < -0.4 is 15.4 Å². The Morgan fingerprint density at radius 3 is 2.74 bits per heavy atom. The Kier molecular flexibility index (Phi) is 8.63. The molecule has 0 radical (unpaired) electrons. The maximum atomic E-state index is 13.8. The Bertz CT molecular complexity index is 1150. The summed E-state index contributed by atoms with van der Waals surface area (Å²) < 4.78 is 21.3. The van der Waals surface area contributed by atoms with Crippen LogP contribution in [0.4, 0.5) is 10.1 Å². The lowest BCUT2D eigenvalue weighted by atomic mass is 9.95. The summed E-state index contributed by atoms with van der Waals surface area (Å²) >= 11 is 1.39. The minimum atomic E-state index is -0.262. The highest BCUT2D eigenvalue weighted by atomic mass is 32.2. The van der Waals surface area contributed by atoms with E-state index in [0.717, 1.165) is 40.8 Å². The van der Waals surface area contributed by atoms with Gasteiger partial charge in [-0.3, -0.25) is 4.79 Å². The van der Waals surface area contributed by atoms with Gasteiger partial charge in [-0.2, -0.15) is 0 Å². The molecule has 1 amide bonds. The molecule has 1 saturated carbocycles. The molecule has 1 aliphatic carbocycles. The molecule has 1 aromatic heterocycles. The molecule has 0 atom stereocenters. The van der Waals surface area contributed by atoms with Crippen LogP contribution in [0.25, 0.3) is 0 Å². The Balaban J connectivity index is 1.40. The van der Waals surface area contributed by atoms with Crippen LogP contribution in [0.1, 0.15) is 55.1 Å². The number of nitrogens with zero attached hydrogens (tertiary/aromatic N) is 3. The quantitative estimate of drug-likeness (QED) is 0.372. The van der Waals surface area contributed by atoms with Crippen molar-refractivity contribution in [3.63, 3.8) is 0 Å². The zero-order valence-electron chi connectivity index (χ0n) is 20.2. The number of ether oxygens (including phenoxy) is 1. The number of halogens is 1. The average molecular weight is 498 g/mol. The van der Waals surface area contributed by atoms with E-state index in [1.165, 1.54) is 37.1 Å². The van der Waals surface area contributed by atoms with Gasteiger partial charge in [0.1, 0.15) is 11.6 Å². The molecule has 2 N–H and O–H groups in total. The molecule has 35 heavy (non-hydrogen) atoms. The number of aryl methyl sites for hydroxylation is 1. The van der Waals surface area contributed by atoms with Crippen molar-refractivity contribution in [3.8, 4) is 5.75 Å². The van der Waals surface area contributed by atoms with Crippen molar-refractivity contribution >= 4 is 23.4 Å². The van der Waals surface area contributed by atoms with Gasteiger partial charge in [0, 0.05) is 24.3 Å². The van der Waals surface area contributed by atoms with Crippen molar-refractivity contribution in [2.45, 2.75) is 63.3 Å². The fraction of sp³-hybridized carbons (Fsp3) is 0.423. The molecular weight excluding hydrogens is 465 g/mol. The fourth-order valence-electron chi connectivity index (χ4n) is 4.27. The smallest absolute Gasteiger partial charge is 0.230 e. The summed E-state index contributed by atoms with van der Waals surface area (Å²) in [7, 11) is 1.65. The Hall–Kier alpha value is -3.07. The highest BCUT2D eigenvalue weighted by molar-refractivity contribution is 7.99. The van der Waals surface area contributed by atoms with Crippen LogP contribution in [0.3, 0.4) is 0 Å². The second-order valence-corrected chi connectivity index (χ2v) is 9.74. The number of hydrogen-bond donors (Lipinski definition) is 2. The number of nitrogens with one attached hydrogen (secondary N) is 2. The van der Waals surface area contributed by atoms with Crippen LogP contribution in [0.15, 0.2) is 47.6 Å². The van der Waals surface area contributed by atoms with Gasteiger partial charge in [0.2, 0.25) is 5.91 Å². The van der Waals surface area contributed by atoms with Gasteiger partial charge in [0.15, 0.2) is 11.0 Å². The molecule has 0 saturated heterocycles. The van der Waals surface area contributed by atoms with Gasteiger partial charge < -0.3 is 19.9 Å². The highest BCUT2D eigenvalue weighted by Crippen LogP contribution is 2.33. The predicted octanol–water partition coefficient (Wildman–Crippen LogP) is 5.26. The number of rotatable bonds is 10. The number of benzene rings is 2. The summed E-state index contributed by atoms with van der Waals surface area (Å²) in [5.74, 6) is 1.49. The minimum absolute atomic E-state index is 0.120. The summed E-state index contributed by atoms with van der Waals surface area (Å²) in [6.45, 7) is 2.54. The first kappa shape index (κ1) is 25.0. The van der Waals surface area contributed by atoms with Crippen LogP contribution in [-0.2, 0) is 17.9 Å². The zero-order chi connectivity index (χ0) is 24.6. The molecule has 0 spiro atoms. The molecular formula is C26H32FN5O2S. The molecule has 0 unspecified atom stereocenters. The van der Waals surface area contributed by atoms with Crippen molar-refractivity contribution in [2.75, 3.05) is 18.2 Å². The maximum absolute atomic E-state index is 13.8. The SMILES string of the molecule is COc1cccc(NCc2nnc(SCC(=O)NCc3ccc(C)c(F)c3)n2C2CCCCC2)c1. The van der Waals surface area contributed by atoms with Gasteiger partial charge in [0.25, 0.3) is 0 Å². The van der Waals surface area contributed by atoms with Gasteiger partial charge in [-0.25, -0.2) is 4.39 Å². The van der Waals surface area contributed by atoms with Crippen LogP contribution in [0.5, 0.6) is 5.75 Å². The van der Waals surface area contributed by atoms with E-state index in [1.807, 2.05) is 30.3 Å². The number of aromatic nitrogens is 3. The van der Waals surface area contributed by atoms with Crippen molar-refractivity contribution in [1.29, 1.82) is 0 Å². The fourth-order valence-corrected chi connectivity index (χ4v) is 5.13. The monoisotopic (exact) mass is 497 g/mol. The number of carbonyl (C=O) groups is 1. The van der Waals surface area contributed by atoms with E-state index < -0.39 is 0 Å². The summed E-state index contributed by atoms with van der Waals surface area (Å²) in [6, 6.07) is 13.1. The van der Waals surface area contributed by atoms with Crippen molar-refractivity contribution < 1.29 is 13.9 Å². The number of carbonyl (C=O) groups excluding carboxylic acids is 1. The van der Waals surface area contributed by atoms with Crippen molar-refractivity contribution in [2.24, 2.45) is 0 Å². The van der Waals surface area contributed by atoms with Gasteiger partial charge in [-0.05, 0) is 49.1 Å². The first-order chi connectivity index (χ1) is 17.0.